The summed E-state index contributed by atoms with van der Waals surface area (Å²) < 4.78 is 5.10. The van der Waals surface area contributed by atoms with Gasteiger partial charge in [0.1, 0.15) is 13.0 Å². The molecule has 1 aromatic carbocycles. The Bertz CT molecular complexity index is 577. The van der Waals surface area contributed by atoms with Gasteiger partial charge in [-0.25, -0.2) is 9.59 Å². The summed E-state index contributed by atoms with van der Waals surface area (Å²) in [5.74, 6) is -2.06. The van der Waals surface area contributed by atoms with Crippen LogP contribution >= 0.6 is 0 Å². The molecule has 0 saturated carbocycles. The lowest BCUT2D eigenvalue weighted by atomic mass is 10.2. The second-order valence-corrected chi connectivity index (χ2v) is 5.41. The summed E-state index contributed by atoms with van der Waals surface area (Å²) in [6.07, 6.45) is 0.295. The van der Waals surface area contributed by atoms with Crippen LogP contribution in [0.15, 0.2) is 30.3 Å². The maximum absolute atomic E-state index is 11.7. The Hall–Kier alpha value is -2.61. The molecule has 1 aliphatic rings. The molecule has 1 heterocycles. The van der Waals surface area contributed by atoms with Crippen LogP contribution in [0.1, 0.15) is 24.8 Å². The van der Waals surface area contributed by atoms with E-state index in [2.05, 4.69) is 5.32 Å². The number of amides is 1. The maximum atomic E-state index is 11.7. The predicted octanol–water partition coefficient (Wildman–Crippen LogP) is 1.31. The first-order valence-corrected chi connectivity index (χ1v) is 7.68. The van der Waals surface area contributed by atoms with Crippen LogP contribution in [0.3, 0.4) is 0 Å². The van der Waals surface area contributed by atoms with Gasteiger partial charge in [0, 0.05) is 13.1 Å². The number of carboxylic acid groups (broad SMARTS) is 1. The molecule has 0 bridgehead atoms. The standard InChI is InChI=1S/C16H20N2O6/c19-14(20)9-15(21)24-18-8-4-7-13(18)10-17-16(22)23-11-12-5-2-1-3-6-12/h1-3,5-6,13H,4,7-11H2,(H,17,22)(H,19,20)/t13-/m1/s1. The molecule has 0 aliphatic carbocycles. The third-order valence-electron chi connectivity index (χ3n) is 3.53. The van der Waals surface area contributed by atoms with Gasteiger partial charge in [-0.05, 0) is 18.4 Å². The normalized spacial score (nSPS) is 17.2. The first kappa shape index (κ1) is 17.7. The van der Waals surface area contributed by atoms with E-state index in [4.69, 9.17) is 14.7 Å². The number of nitrogens with one attached hydrogen (secondary N) is 1. The minimum Gasteiger partial charge on any atom is -0.481 e. The second-order valence-electron chi connectivity index (χ2n) is 5.41. The van der Waals surface area contributed by atoms with Crippen LogP contribution < -0.4 is 5.32 Å². The molecule has 24 heavy (non-hydrogen) atoms. The van der Waals surface area contributed by atoms with Crippen LogP contribution in [-0.2, 0) is 25.8 Å². The zero-order chi connectivity index (χ0) is 17.4. The highest BCUT2D eigenvalue weighted by Crippen LogP contribution is 2.17. The van der Waals surface area contributed by atoms with Crippen molar-refractivity contribution in [3.05, 3.63) is 35.9 Å². The van der Waals surface area contributed by atoms with Gasteiger partial charge in [0.25, 0.3) is 0 Å². The van der Waals surface area contributed by atoms with Gasteiger partial charge < -0.3 is 20.0 Å². The van der Waals surface area contributed by atoms with E-state index < -0.39 is 24.5 Å². The van der Waals surface area contributed by atoms with Gasteiger partial charge in [-0.2, -0.15) is 0 Å². The highest BCUT2D eigenvalue weighted by Gasteiger charge is 2.29. The summed E-state index contributed by atoms with van der Waals surface area (Å²) in [4.78, 5) is 38.6. The smallest absolute Gasteiger partial charge is 0.407 e. The minimum atomic E-state index is -1.24. The maximum Gasteiger partial charge on any atom is 0.407 e. The van der Waals surface area contributed by atoms with Gasteiger partial charge in [0.15, 0.2) is 0 Å². The quantitative estimate of drug-likeness (QED) is 0.723. The topological polar surface area (TPSA) is 105 Å². The number of carboxylic acids is 1. The number of benzene rings is 1. The third kappa shape index (κ3) is 5.88. The number of carbonyl (C=O) groups excluding carboxylic acids is 2. The molecule has 8 heteroatoms. The number of ether oxygens (including phenoxy) is 1. The molecule has 0 radical (unpaired) electrons. The number of aliphatic carboxylic acids is 1. The van der Waals surface area contributed by atoms with Crippen molar-refractivity contribution in [1.82, 2.24) is 10.4 Å². The average Bonchev–Trinajstić information content (AvgIpc) is 2.98. The number of hydroxylamine groups is 2. The molecule has 1 aliphatic heterocycles. The molecule has 0 aromatic heterocycles. The van der Waals surface area contributed by atoms with Crippen molar-refractivity contribution in [3.63, 3.8) is 0 Å². The van der Waals surface area contributed by atoms with Crippen molar-refractivity contribution >= 4 is 18.0 Å². The van der Waals surface area contributed by atoms with Crippen molar-refractivity contribution in [1.29, 1.82) is 0 Å². The number of carbonyl (C=O) groups is 3. The summed E-state index contributed by atoms with van der Waals surface area (Å²) in [6, 6.07) is 9.12. The van der Waals surface area contributed by atoms with E-state index in [0.717, 1.165) is 18.4 Å². The number of rotatable bonds is 7. The largest absolute Gasteiger partial charge is 0.481 e. The molecule has 1 aromatic rings. The van der Waals surface area contributed by atoms with Crippen LogP contribution in [0.4, 0.5) is 4.79 Å². The SMILES string of the molecule is O=C(O)CC(=O)ON1CCC[C@@H]1CNC(=O)OCc1ccccc1. The van der Waals surface area contributed by atoms with Gasteiger partial charge in [-0.15, -0.1) is 5.06 Å². The van der Waals surface area contributed by atoms with E-state index in [1.54, 1.807) is 0 Å². The van der Waals surface area contributed by atoms with Crippen molar-refractivity contribution in [2.24, 2.45) is 0 Å². The van der Waals surface area contributed by atoms with E-state index >= 15 is 0 Å². The predicted molar refractivity (Wildman–Crippen MR) is 82.7 cm³/mol. The van der Waals surface area contributed by atoms with Crippen LogP contribution in [0.5, 0.6) is 0 Å². The number of nitrogens with zero attached hydrogens (tertiary/aromatic N) is 1. The van der Waals surface area contributed by atoms with Gasteiger partial charge >= 0.3 is 18.0 Å². The summed E-state index contributed by atoms with van der Waals surface area (Å²) in [5, 5.41) is 12.6. The van der Waals surface area contributed by atoms with Crippen LogP contribution in [-0.4, -0.2) is 47.3 Å². The molecular weight excluding hydrogens is 316 g/mol. The molecule has 2 N–H and O–H groups in total. The van der Waals surface area contributed by atoms with Gasteiger partial charge in [0.2, 0.25) is 0 Å². The number of hydrogen-bond donors (Lipinski definition) is 2. The highest BCUT2D eigenvalue weighted by molar-refractivity contribution is 5.89. The van der Waals surface area contributed by atoms with Crippen LogP contribution in [0.2, 0.25) is 0 Å². The molecule has 1 saturated heterocycles. The first-order valence-electron chi connectivity index (χ1n) is 7.68. The van der Waals surface area contributed by atoms with Crippen LogP contribution in [0, 0.1) is 0 Å². The van der Waals surface area contributed by atoms with Crippen molar-refractivity contribution < 1.29 is 29.1 Å². The Morgan fingerprint density at radius 3 is 2.71 bits per heavy atom. The zero-order valence-corrected chi connectivity index (χ0v) is 13.1. The average molecular weight is 336 g/mol. The number of hydrogen-bond acceptors (Lipinski definition) is 6. The number of alkyl carbamates (subject to hydrolysis) is 1. The molecule has 1 fully saturated rings. The molecule has 2 rings (SSSR count). The Kier molecular flexibility index (Phi) is 6.56. The summed E-state index contributed by atoms with van der Waals surface area (Å²) in [7, 11) is 0. The molecule has 8 nitrogen and oxygen atoms in total. The fourth-order valence-electron chi connectivity index (χ4n) is 2.40. The Labute approximate surface area is 139 Å². The van der Waals surface area contributed by atoms with Crippen molar-refractivity contribution in [2.45, 2.75) is 31.9 Å². The lowest BCUT2D eigenvalue weighted by Crippen LogP contribution is -2.41. The minimum absolute atomic E-state index is 0.175. The Morgan fingerprint density at radius 2 is 2.00 bits per heavy atom. The van der Waals surface area contributed by atoms with E-state index in [1.165, 1.54) is 5.06 Å². The van der Waals surface area contributed by atoms with Gasteiger partial charge in [-0.3, -0.25) is 4.79 Å². The fourth-order valence-corrected chi connectivity index (χ4v) is 2.40. The summed E-state index contributed by atoms with van der Waals surface area (Å²) >= 11 is 0. The molecule has 1 atom stereocenters. The molecule has 0 unspecified atom stereocenters. The first-order chi connectivity index (χ1) is 11.5. The highest BCUT2D eigenvalue weighted by atomic mass is 16.7. The Morgan fingerprint density at radius 1 is 1.25 bits per heavy atom. The van der Waals surface area contributed by atoms with Crippen LogP contribution in [0.25, 0.3) is 0 Å². The van der Waals surface area contributed by atoms with E-state index in [9.17, 15) is 14.4 Å². The van der Waals surface area contributed by atoms with E-state index in [-0.39, 0.29) is 19.2 Å². The van der Waals surface area contributed by atoms with Crippen molar-refractivity contribution in [2.75, 3.05) is 13.1 Å². The zero-order valence-electron chi connectivity index (χ0n) is 13.1. The fraction of sp³-hybridized carbons (Fsp3) is 0.438. The second kappa shape index (κ2) is 8.88. The van der Waals surface area contributed by atoms with Gasteiger partial charge in [-0.1, -0.05) is 30.3 Å². The van der Waals surface area contributed by atoms with E-state index in [1.807, 2.05) is 30.3 Å². The monoisotopic (exact) mass is 336 g/mol. The van der Waals surface area contributed by atoms with Gasteiger partial charge in [0.05, 0.1) is 6.04 Å². The summed E-state index contributed by atoms with van der Waals surface area (Å²) in [6.45, 7) is 0.944. The summed E-state index contributed by atoms with van der Waals surface area (Å²) in [5.41, 5.74) is 0.887. The lowest BCUT2D eigenvalue weighted by molar-refractivity contribution is -0.195. The van der Waals surface area contributed by atoms with E-state index in [0.29, 0.717) is 6.54 Å². The van der Waals surface area contributed by atoms with Crippen molar-refractivity contribution in [3.8, 4) is 0 Å². The molecule has 0 spiro atoms. The molecule has 130 valence electrons. The Balaban J connectivity index is 1.71. The lowest BCUT2D eigenvalue weighted by Gasteiger charge is -2.22. The molecule has 1 amide bonds. The molecular formula is C16H20N2O6. The third-order valence-corrected chi connectivity index (χ3v) is 3.53.